The molecule has 0 aliphatic heterocycles. The van der Waals surface area contributed by atoms with Crippen LogP contribution < -0.4 is 0 Å². The third kappa shape index (κ3) is 6.70. The van der Waals surface area contributed by atoms with E-state index in [1.807, 2.05) is 0 Å². The Bertz CT molecular complexity index is 3510. The van der Waals surface area contributed by atoms with Crippen molar-refractivity contribution < 1.29 is 0 Å². The van der Waals surface area contributed by atoms with Crippen molar-refractivity contribution in [1.29, 1.82) is 0 Å². The van der Waals surface area contributed by atoms with Gasteiger partial charge in [-0.25, -0.2) is 0 Å². The number of benzene rings is 10. The monoisotopic (exact) mass is 814 g/mol. The van der Waals surface area contributed by atoms with E-state index >= 15 is 0 Å². The molecule has 10 aromatic carbocycles. The summed E-state index contributed by atoms with van der Waals surface area (Å²) in [6, 6.07) is 90.6. The zero-order chi connectivity index (χ0) is 42.4. The summed E-state index contributed by atoms with van der Waals surface area (Å²) in [4.78, 5) is 0. The first-order valence-corrected chi connectivity index (χ1v) is 22.0. The first-order valence-electron chi connectivity index (χ1n) is 22.0. The van der Waals surface area contributed by atoms with Gasteiger partial charge in [-0.3, -0.25) is 0 Å². The summed E-state index contributed by atoms with van der Waals surface area (Å²) in [5.74, 6) is 0. The minimum atomic E-state index is 1.12. The van der Waals surface area contributed by atoms with Crippen LogP contribution in [0.1, 0.15) is 0 Å². The van der Waals surface area contributed by atoms with E-state index in [2.05, 4.69) is 264 Å². The zero-order valence-corrected chi connectivity index (χ0v) is 35.1. The van der Waals surface area contributed by atoms with E-state index in [1.165, 1.54) is 88.4 Å². The van der Waals surface area contributed by atoms with Crippen molar-refractivity contribution in [3.05, 3.63) is 255 Å². The number of hydrogen-bond donors (Lipinski definition) is 0. The van der Waals surface area contributed by atoms with Gasteiger partial charge in [0.2, 0.25) is 0 Å². The van der Waals surface area contributed by atoms with Crippen molar-refractivity contribution in [3.8, 4) is 78.1 Å². The second kappa shape index (κ2) is 15.8. The minimum Gasteiger partial charge on any atom is -0.316 e. The second-order valence-electron chi connectivity index (χ2n) is 16.6. The summed E-state index contributed by atoms with van der Waals surface area (Å²) in [5.41, 5.74) is 20.1. The maximum absolute atomic E-state index is 2.51. The molecular weight excluding hydrogens is 773 g/mol. The topological polar surface area (TPSA) is 9.86 Å². The molecule has 0 amide bonds. The van der Waals surface area contributed by atoms with Crippen LogP contribution in [-0.2, 0) is 0 Å². The predicted molar refractivity (Wildman–Crippen MR) is 270 cm³/mol. The lowest BCUT2D eigenvalue weighted by Gasteiger charge is -2.15. The van der Waals surface area contributed by atoms with Crippen LogP contribution in [0.15, 0.2) is 255 Å². The summed E-state index contributed by atoms with van der Waals surface area (Å²) in [6.07, 6.45) is 2.23. The zero-order valence-electron chi connectivity index (χ0n) is 35.1. The minimum absolute atomic E-state index is 1.12. The highest BCUT2D eigenvalue weighted by atomic mass is 15.0. The largest absolute Gasteiger partial charge is 0.316 e. The predicted octanol–water partition coefficient (Wildman–Crippen LogP) is 16.7. The fraction of sp³-hybridized carbons (Fsp3) is 0. The molecule has 2 nitrogen and oxygen atoms in total. The maximum Gasteiger partial charge on any atom is 0.0635 e. The van der Waals surface area contributed by atoms with Crippen molar-refractivity contribution in [1.82, 2.24) is 9.13 Å². The van der Waals surface area contributed by atoms with Gasteiger partial charge < -0.3 is 9.13 Å². The van der Waals surface area contributed by atoms with Crippen LogP contribution in [0.2, 0.25) is 0 Å². The van der Waals surface area contributed by atoms with E-state index in [4.69, 9.17) is 0 Å². The molecular formula is C62H42N2. The van der Waals surface area contributed by atoms with Crippen LogP contribution in [0.25, 0.3) is 111 Å². The van der Waals surface area contributed by atoms with Gasteiger partial charge in [-0.05, 0) is 140 Å². The Kier molecular flexibility index (Phi) is 9.20. The van der Waals surface area contributed by atoms with Crippen LogP contribution >= 0.6 is 0 Å². The lowest BCUT2D eigenvalue weighted by molar-refractivity contribution is 1.13. The van der Waals surface area contributed by atoms with E-state index in [0.29, 0.717) is 0 Å². The lowest BCUT2D eigenvalue weighted by Crippen LogP contribution is -1.97. The maximum atomic E-state index is 2.51. The van der Waals surface area contributed by atoms with Crippen LogP contribution in [0.3, 0.4) is 0 Å². The van der Waals surface area contributed by atoms with Crippen molar-refractivity contribution in [2.75, 3.05) is 0 Å². The highest BCUT2D eigenvalue weighted by Gasteiger charge is 2.20. The number of fused-ring (bicyclic) bond motifs is 5. The smallest absolute Gasteiger partial charge is 0.0635 e. The van der Waals surface area contributed by atoms with E-state index in [1.54, 1.807) is 0 Å². The lowest BCUT2D eigenvalue weighted by atomic mass is 9.93. The average molecular weight is 815 g/mol. The van der Waals surface area contributed by atoms with Gasteiger partial charge >= 0.3 is 0 Å². The normalized spacial score (nSPS) is 11.4. The Morgan fingerprint density at radius 1 is 0.219 bits per heavy atom. The standard InChI is InChI=1S/C62H42N2/c1-6-17-43(18-7-1)48-27-16-28-55(39-48)63-34-33-58-60(63)32-30-57-59-42-49(52-36-50(44-19-8-2-9-20-44)35-51(37-52)45-21-10-3-11-22-45)29-31-61(59)64(62(57)58)56-40-53(46-23-12-4-13-24-46)38-54(41-56)47-25-14-5-15-26-47/h1-42H. The van der Waals surface area contributed by atoms with Gasteiger partial charge in [0.1, 0.15) is 0 Å². The summed E-state index contributed by atoms with van der Waals surface area (Å²) < 4.78 is 4.85. The Morgan fingerprint density at radius 2 is 0.625 bits per heavy atom. The van der Waals surface area contributed by atoms with Crippen LogP contribution in [-0.4, -0.2) is 9.13 Å². The molecule has 0 fully saturated rings. The summed E-state index contributed by atoms with van der Waals surface area (Å²) >= 11 is 0. The molecule has 0 spiro atoms. The molecule has 0 saturated heterocycles. The van der Waals surface area contributed by atoms with E-state index in [-0.39, 0.29) is 0 Å². The number of rotatable bonds is 8. The van der Waals surface area contributed by atoms with Crippen LogP contribution in [0.5, 0.6) is 0 Å². The van der Waals surface area contributed by atoms with Crippen LogP contribution in [0.4, 0.5) is 0 Å². The third-order valence-corrected chi connectivity index (χ3v) is 12.7. The van der Waals surface area contributed by atoms with Crippen molar-refractivity contribution >= 4 is 32.7 Å². The molecule has 0 saturated carbocycles. The number of nitrogens with zero attached hydrogens (tertiary/aromatic N) is 2. The molecule has 0 atom stereocenters. The highest BCUT2D eigenvalue weighted by Crippen LogP contribution is 2.42. The van der Waals surface area contributed by atoms with Crippen molar-refractivity contribution in [2.24, 2.45) is 0 Å². The first kappa shape index (κ1) is 37.3. The Balaban J connectivity index is 1.12. The van der Waals surface area contributed by atoms with Gasteiger partial charge in [-0.1, -0.05) is 176 Å². The molecule has 2 heterocycles. The molecule has 0 radical (unpaired) electrons. The van der Waals surface area contributed by atoms with Crippen LogP contribution in [0, 0.1) is 0 Å². The molecule has 64 heavy (non-hydrogen) atoms. The molecule has 0 unspecified atom stereocenters. The quantitative estimate of drug-likeness (QED) is 0.145. The summed E-state index contributed by atoms with van der Waals surface area (Å²) in [7, 11) is 0. The average Bonchev–Trinajstić information content (AvgIpc) is 3.97. The second-order valence-corrected chi connectivity index (χ2v) is 16.6. The van der Waals surface area contributed by atoms with E-state index in [0.717, 1.165) is 22.4 Å². The molecule has 2 heteroatoms. The Morgan fingerprint density at radius 3 is 1.14 bits per heavy atom. The molecule has 0 bridgehead atoms. The third-order valence-electron chi connectivity index (χ3n) is 12.7. The van der Waals surface area contributed by atoms with Gasteiger partial charge in [0.05, 0.1) is 16.6 Å². The highest BCUT2D eigenvalue weighted by molar-refractivity contribution is 6.19. The first-order chi connectivity index (χ1) is 31.7. The van der Waals surface area contributed by atoms with E-state index < -0.39 is 0 Å². The summed E-state index contributed by atoms with van der Waals surface area (Å²) in [6.45, 7) is 0. The SMILES string of the molecule is c1ccc(-c2cc(-c3ccccc3)cc(-c3ccc4c(c3)c3ccc5c(ccn5-c5cccc(-c6ccccc6)c5)c3n4-c3cc(-c4ccccc4)cc(-c4ccccc4)c3)c2)cc1. The van der Waals surface area contributed by atoms with Gasteiger partial charge in [-0.2, -0.15) is 0 Å². The van der Waals surface area contributed by atoms with Crippen molar-refractivity contribution in [3.63, 3.8) is 0 Å². The number of aromatic nitrogens is 2. The fourth-order valence-corrected chi connectivity index (χ4v) is 9.59. The molecule has 0 aliphatic carbocycles. The van der Waals surface area contributed by atoms with Gasteiger partial charge in [0.15, 0.2) is 0 Å². The van der Waals surface area contributed by atoms with E-state index in [9.17, 15) is 0 Å². The molecule has 12 aromatic rings. The number of hydrogen-bond acceptors (Lipinski definition) is 0. The Hall–Kier alpha value is -8.46. The molecule has 300 valence electrons. The summed E-state index contributed by atoms with van der Waals surface area (Å²) in [5, 5.41) is 3.63. The van der Waals surface area contributed by atoms with Gasteiger partial charge in [0.25, 0.3) is 0 Å². The molecule has 12 rings (SSSR count). The molecule has 0 aliphatic rings. The van der Waals surface area contributed by atoms with Gasteiger partial charge in [0, 0.05) is 33.7 Å². The molecule has 2 aromatic heterocycles. The molecule has 0 N–H and O–H groups in total. The fourth-order valence-electron chi connectivity index (χ4n) is 9.59. The van der Waals surface area contributed by atoms with Crippen molar-refractivity contribution in [2.45, 2.75) is 0 Å². The van der Waals surface area contributed by atoms with Gasteiger partial charge in [-0.15, -0.1) is 0 Å². The Labute approximate surface area is 373 Å².